The Labute approximate surface area is 104 Å². The normalized spacial score (nSPS) is 15.9. The van der Waals surface area contributed by atoms with Crippen LogP contribution in [0.15, 0.2) is 34.8 Å². The highest BCUT2D eigenvalue weighted by Gasteiger charge is 2.14. The van der Waals surface area contributed by atoms with Gasteiger partial charge in [0.2, 0.25) is 5.91 Å². The zero-order valence-electron chi connectivity index (χ0n) is 9.03. The zero-order valence-corrected chi connectivity index (χ0v) is 10.6. The maximum absolute atomic E-state index is 11.7. The van der Waals surface area contributed by atoms with Crippen LogP contribution in [0.5, 0.6) is 0 Å². The second-order valence-electron chi connectivity index (χ2n) is 3.92. The standard InChI is InChI=1S/C13H14BrNO/c14-12-6-3-11(4-7-12)5-8-13(16)15-9-1-2-10-15/h3-8H,1-2,9-10H2/b8-5-. The minimum absolute atomic E-state index is 0.125. The molecule has 0 N–H and O–H groups in total. The summed E-state index contributed by atoms with van der Waals surface area (Å²) in [7, 11) is 0. The van der Waals surface area contributed by atoms with Gasteiger partial charge in [-0.15, -0.1) is 0 Å². The molecule has 16 heavy (non-hydrogen) atoms. The van der Waals surface area contributed by atoms with Gasteiger partial charge in [-0.25, -0.2) is 0 Å². The number of amides is 1. The smallest absolute Gasteiger partial charge is 0.246 e. The monoisotopic (exact) mass is 279 g/mol. The van der Waals surface area contributed by atoms with E-state index in [1.807, 2.05) is 35.2 Å². The first-order valence-electron chi connectivity index (χ1n) is 5.48. The number of rotatable bonds is 2. The predicted molar refractivity (Wildman–Crippen MR) is 69.0 cm³/mol. The van der Waals surface area contributed by atoms with Crippen molar-refractivity contribution in [3.8, 4) is 0 Å². The molecule has 0 bridgehead atoms. The molecule has 1 saturated heterocycles. The second-order valence-corrected chi connectivity index (χ2v) is 4.83. The lowest BCUT2D eigenvalue weighted by Crippen LogP contribution is -2.25. The molecule has 1 fully saturated rings. The van der Waals surface area contributed by atoms with E-state index in [1.165, 1.54) is 0 Å². The van der Waals surface area contributed by atoms with Crippen LogP contribution in [0, 0.1) is 0 Å². The van der Waals surface area contributed by atoms with Crippen molar-refractivity contribution in [3.05, 3.63) is 40.4 Å². The molecule has 1 heterocycles. The fraction of sp³-hybridized carbons (Fsp3) is 0.308. The summed E-state index contributed by atoms with van der Waals surface area (Å²) in [5.74, 6) is 0.125. The maximum Gasteiger partial charge on any atom is 0.246 e. The van der Waals surface area contributed by atoms with Gasteiger partial charge < -0.3 is 4.90 Å². The SMILES string of the molecule is O=C(/C=C\c1ccc(Br)cc1)N1CCCC1. The number of benzene rings is 1. The van der Waals surface area contributed by atoms with E-state index in [-0.39, 0.29) is 5.91 Å². The van der Waals surface area contributed by atoms with E-state index in [2.05, 4.69) is 15.9 Å². The van der Waals surface area contributed by atoms with Crippen LogP contribution in [0.1, 0.15) is 18.4 Å². The van der Waals surface area contributed by atoms with Gasteiger partial charge in [-0.3, -0.25) is 4.79 Å². The van der Waals surface area contributed by atoms with Gasteiger partial charge in [0.05, 0.1) is 0 Å². The molecule has 0 unspecified atom stereocenters. The zero-order chi connectivity index (χ0) is 11.4. The van der Waals surface area contributed by atoms with Crippen LogP contribution in [-0.2, 0) is 4.79 Å². The lowest BCUT2D eigenvalue weighted by Gasteiger charge is -2.11. The van der Waals surface area contributed by atoms with E-state index < -0.39 is 0 Å². The minimum Gasteiger partial charge on any atom is -0.339 e. The highest BCUT2D eigenvalue weighted by molar-refractivity contribution is 9.10. The van der Waals surface area contributed by atoms with Crippen molar-refractivity contribution < 1.29 is 4.79 Å². The molecule has 1 aliphatic heterocycles. The first kappa shape index (κ1) is 11.4. The van der Waals surface area contributed by atoms with Crippen molar-refractivity contribution in [1.29, 1.82) is 0 Å². The predicted octanol–water partition coefficient (Wildman–Crippen LogP) is 3.08. The Bertz CT molecular complexity index is 391. The summed E-state index contributed by atoms with van der Waals surface area (Å²) >= 11 is 3.38. The maximum atomic E-state index is 11.7. The van der Waals surface area contributed by atoms with Crippen molar-refractivity contribution in [3.63, 3.8) is 0 Å². The first-order valence-corrected chi connectivity index (χ1v) is 6.27. The molecule has 1 amide bonds. The number of nitrogens with zero attached hydrogens (tertiary/aromatic N) is 1. The van der Waals surface area contributed by atoms with Crippen LogP contribution in [0.25, 0.3) is 6.08 Å². The third-order valence-corrected chi connectivity index (χ3v) is 3.23. The third-order valence-electron chi connectivity index (χ3n) is 2.71. The summed E-state index contributed by atoms with van der Waals surface area (Å²) < 4.78 is 1.05. The molecule has 84 valence electrons. The summed E-state index contributed by atoms with van der Waals surface area (Å²) in [6.07, 6.45) is 5.80. The molecule has 0 atom stereocenters. The molecule has 0 saturated carbocycles. The van der Waals surface area contributed by atoms with Gasteiger partial charge in [-0.2, -0.15) is 0 Å². The van der Waals surface area contributed by atoms with Gasteiger partial charge in [0.15, 0.2) is 0 Å². The van der Waals surface area contributed by atoms with Crippen molar-refractivity contribution in [2.75, 3.05) is 13.1 Å². The van der Waals surface area contributed by atoms with Crippen molar-refractivity contribution in [1.82, 2.24) is 4.90 Å². The molecular formula is C13H14BrNO. The van der Waals surface area contributed by atoms with Crippen LogP contribution in [0.2, 0.25) is 0 Å². The number of carbonyl (C=O) groups is 1. The quantitative estimate of drug-likeness (QED) is 0.762. The van der Waals surface area contributed by atoms with Crippen LogP contribution in [0.3, 0.4) is 0 Å². The van der Waals surface area contributed by atoms with Crippen molar-refractivity contribution in [2.45, 2.75) is 12.8 Å². The second kappa shape index (κ2) is 5.30. The largest absolute Gasteiger partial charge is 0.339 e. The van der Waals surface area contributed by atoms with E-state index >= 15 is 0 Å². The highest BCUT2D eigenvalue weighted by atomic mass is 79.9. The fourth-order valence-electron chi connectivity index (χ4n) is 1.78. The Balaban J connectivity index is 1.97. The molecule has 1 aromatic rings. The summed E-state index contributed by atoms with van der Waals surface area (Å²) in [6.45, 7) is 1.81. The number of carbonyl (C=O) groups excluding carboxylic acids is 1. The number of halogens is 1. The molecule has 1 aliphatic rings. The lowest BCUT2D eigenvalue weighted by molar-refractivity contribution is -0.124. The first-order chi connectivity index (χ1) is 7.75. The van der Waals surface area contributed by atoms with E-state index in [0.29, 0.717) is 0 Å². The van der Waals surface area contributed by atoms with Gasteiger partial charge >= 0.3 is 0 Å². The molecule has 0 spiro atoms. The minimum atomic E-state index is 0.125. The molecule has 3 heteroatoms. The van der Waals surface area contributed by atoms with Gasteiger partial charge in [-0.05, 0) is 36.6 Å². The molecule has 2 nitrogen and oxygen atoms in total. The average Bonchev–Trinajstić information content (AvgIpc) is 2.81. The molecular weight excluding hydrogens is 266 g/mol. The van der Waals surface area contributed by atoms with Crippen molar-refractivity contribution in [2.24, 2.45) is 0 Å². The van der Waals surface area contributed by atoms with Crippen LogP contribution in [-0.4, -0.2) is 23.9 Å². The highest BCUT2D eigenvalue weighted by Crippen LogP contribution is 2.12. The molecule has 0 radical (unpaired) electrons. The topological polar surface area (TPSA) is 20.3 Å². The van der Waals surface area contributed by atoms with E-state index in [0.717, 1.165) is 36.0 Å². The summed E-state index contributed by atoms with van der Waals surface area (Å²) in [6, 6.07) is 7.91. The molecule has 0 aromatic heterocycles. The number of likely N-dealkylation sites (tertiary alicyclic amines) is 1. The Hall–Kier alpha value is -1.09. The van der Waals surface area contributed by atoms with Crippen LogP contribution in [0.4, 0.5) is 0 Å². The Morgan fingerprint density at radius 3 is 2.44 bits per heavy atom. The van der Waals surface area contributed by atoms with Crippen LogP contribution >= 0.6 is 15.9 Å². The molecule has 0 aliphatic carbocycles. The van der Waals surface area contributed by atoms with Crippen LogP contribution < -0.4 is 0 Å². The third kappa shape index (κ3) is 2.95. The molecule has 1 aromatic carbocycles. The van der Waals surface area contributed by atoms with Gasteiger partial charge in [0.1, 0.15) is 0 Å². The Morgan fingerprint density at radius 1 is 1.19 bits per heavy atom. The van der Waals surface area contributed by atoms with Crippen molar-refractivity contribution >= 4 is 27.9 Å². The van der Waals surface area contributed by atoms with E-state index in [9.17, 15) is 4.79 Å². The Kier molecular flexibility index (Phi) is 3.78. The van der Waals surface area contributed by atoms with Gasteiger partial charge in [0.25, 0.3) is 0 Å². The molecule has 2 rings (SSSR count). The Morgan fingerprint density at radius 2 is 1.81 bits per heavy atom. The van der Waals surface area contributed by atoms with Gasteiger partial charge in [-0.1, -0.05) is 28.1 Å². The average molecular weight is 280 g/mol. The number of hydrogen-bond donors (Lipinski definition) is 0. The van der Waals surface area contributed by atoms with Gasteiger partial charge in [0, 0.05) is 23.6 Å². The summed E-state index contributed by atoms with van der Waals surface area (Å²) in [4.78, 5) is 13.6. The number of hydrogen-bond acceptors (Lipinski definition) is 1. The summed E-state index contributed by atoms with van der Waals surface area (Å²) in [5.41, 5.74) is 1.05. The van der Waals surface area contributed by atoms with E-state index in [1.54, 1.807) is 6.08 Å². The fourth-order valence-corrected chi connectivity index (χ4v) is 2.05. The lowest BCUT2D eigenvalue weighted by atomic mass is 10.2. The summed E-state index contributed by atoms with van der Waals surface area (Å²) in [5, 5.41) is 0. The van der Waals surface area contributed by atoms with E-state index in [4.69, 9.17) is 0 Å².